The maximum Gasteiger partial charge on any atom is 0.0725 e. The highest BCUT2D eigenvalue weighted by Gasteiger charge is 2.59. The van der Waals surface area contributed by atoms with Crippen LogP contribution in [0.5, 0.6) is 0 Å². The van der Waals surface area contributed by atoms with Crippen molar-refractivity contribution < 1.29 is 0 Å². The van der Waals surface area contributed by atoms with E-state index < -0.39 is 10.8 Å². The van der Waals surface area contributed by atoms with Crippen molar-refractivity contribution in [1.29, 1.82) is 0 Å². The Morgan fingerprint density at radius 1 is 0.383 bits per heavy atom. The van der Waals surface area contributed by atoms with Gasteiger partial charge in [-0.25, -0.2) is 0 Å². The molecule has 0 aromatic heterocycles. The summed E-state index contributed by atoms with van der Waals surface area (Å²) >= 11 is 0. The van der Waals surface area contributed by atoms with Crippen molar-refractivity contribution in [2.75, 3.05) is 0 Å². The number of benzene rings is 8. The Kier molecular flexibility index (Phi) is 7.85. The van der Waals surface area contributed by atoms with Crippen LogP contribution < -0.4 is 0 Å². The second-order valence-corrected chi connectivity index (χ2v) is 16.9. The molecule has 1 unspecified atom stereocenters. The van der Waals surface area contributed by atoms with Crippen LogP contribution in [0, 0.1) is 0 Å². The van der Waals surface area contributed by atoms with Crippen LogP contribution in [-0.2, 0) is 17.3 Å². The Bertz CT molecular complexity index is 3070. The third kappa shape index (κ3) is 4.52. The van der Waals surface area contributed by atoms with Gasteiger partial charge in [0.15, 0.2) is 0 Å². The molecule has 13 rings (SSSR count). The molecule has 0 heterocycles. The van der Waals surface area contributed by atoms with E-state index in [-0.39, 0.29) is 0 Å². The first-order valence-corrected chi connectivity index (χ1v) is 22.0. The van der Waals surface area contributed by atoms with Crippen LogP contribution in [0.2, 0.25) is 0 Å². The molecule has 0 radical (unpaired) electrons. The van der Waals surface area contributed by atoms with Gasteiger partial charge in [-0.05, 0) is 137 Å². The third-order valence-electron chi connectivity index (χ3n) is 14.3. The minimum atomic E-state index is -0.513. The fraction of sp³-hybridized carbons (Fsp3) is 0.133. The highest BCUT2D eigenvalue weighted by atomic mass is 14.6. The molecule has 0 heteroatoms. The molecule has 0 aliphatic heterocycles. The number of fused-ring (bicyclic) bond motifs is 18. The van der Waals surface area contributed by atoms with E-state index >= 15 is 0 Å². The minimum Gasteiger partial charge on any atom is -0.0842 e. The highest BCUT2D eigenvalue weighted by Crippen LogP contribution is 2.68. The van der Waals surface area contributed by atoms with Crippen molar-refractivity contribution in [1.82, 2.24) is 0 Å². The molecule has 2 spiro atoms. The van der Waals surface area contributed by atoms with Gasteiger partial charge in [-0.1, -0.05) is 208 Å². The molecule has 0 saturated heterocycles. The van der Waals surface area contributed by atoms with E-state index in [1.165, 1.54) is 118 Å². The number of rotatable bonds is 2. The third-order valence-corrected chi connectivity index (χ3v) is 14.3. The fourth-order valence-corrected chi connectivity index (χ4v) is 12.2. The second kappa shape index (κ2) is 13.4. The molecule has 60 heavy (non-hydrogen) atoms. The summed E-state index contributed by atoms with van der Waals surface area (Å²) in [6, 6.07) is 70.0. The largest absolute Gasteiger partial charge is 0.0842 e. The zero-order valence-corrected chi connectivity index (χ0v) is 34.3. The van der Waals surface area contributed by atoms with E-state index in [4.69, 9.17) is 0 Å². The van der Waals surface area contributed by atoms with Gasteiger partial charge < -0.3 is 0 Å². The molecule has 0 nitrogen and oxygen atoms in total. The molecule has 8 aromatic carbocycles. The lowest BCUT2D eigenvalue weighted by Crippen LogP contribution is -2.44. The molecule has 0 N–H and O–H groups in total. The second-order valence-electron chi connectivity index (χ2n) is 16.9. The van der Waals surface area contributed by atoms with E-state index in [1.807, 2.05) is 13.8 Å². The van der Waals surface area contributed by atoms with Gasteiger partial charge in [0, 0.05) is 0 Å². The summed E-state index contributed by atoms with van der Waals surface area (Å²) in [6.45, 7) is 4.00. The molecule has 1 atom stereocenters. The summed E-state index contributed by atoms with van der Waals surface area (Å²) in [4.78, 5) is 0. The van der Waals surface area contributed by atoms with Crippen LogP contribution >= 0.6 is 0 Å². The standard InChI is InChI=1S/C58H40.C2H6/c1-2-17-45-46-18-6-9-23-50(46)57(49(45)22-3-1)53-26-12-13-27-54(53)58(51-24-10-7-19-47(51)48-20-8-11-25-52(48)58)56-44(21-14-28-55(56)57)38-31-29-37(30-32-38)39-33-34-43-41(35-39)36-40-15-4-5-16-42(40)43;1-2/h3-16,18-35H,1-2,17,36H2;1-2H3. The van der Waals surface area contributed by atoms with Crippen LogP contribution in [0.25, 0.3) is 50.1 Å². The molecular formula is C60H46. The molecule has 5 aliphatic carbocycles. The average molecular weight is 767 g/mol. The molecule has 0 bridgehead atoms. The number of allylic oxidation sites excluding steroid dienone is 4. The van der Waals surface area contributed by atoms with Crippen molar-refractivity contribution in [3.05, 3.63) is 255 Å². The normalized spacial score (nSPS) is 17.6. The van der Waals surface area contributed by atoms with Gasteiger partial charge in [-0.15, -0.1) is 0 Å². The van der Waals surface area contributed by atoms with Crippen LogP contribution in [0.3, 0.4) is 0 Å². The first-order valence-electron chi connectivity index (χ1n) is 22.0. The van der Waals surface area contributed by atoms with Crippen molar-refractivity contribution in [2.45, 2.75) is 50.4 Å². The van der Waals surface area contributed by atoms with E-state index in [2.05, 4.69) is 194 Å². The lowest BCUT2D eigenvalue weighted by molar-refractivity contribution is 0.631. The quantitative estimate of drug-likeness (QED) is 0.164. The number of hydrogen-bond donors (Lipinski definition) is 0. The van der Waals surface area contributed by atoms with E-state index in [9.17, 15) is 0 Å². The van der Waals surface area contributed by atoms with Gasteiger partial charge in [0.2, 0.25) is 0 Å². The summed E-state index contributed by atoms with van der Waals surface area (Å²) in [6.07, 6.45) is 9.32. The SMILES string of the molecule is C1=CC2=C(CCC1)c1ccccc1C21c2ccccc2C2(c3ccccc3-c3ccccc32)c2c(-c3ccc(-c4ccc5c(c4)Cc4ccccc4-5)cc3)cccc21.CC. The molecular weight excluding hydrogens is 721 g/mol. The summed E-state index contributed by atoms with van der Waals surface area (Å²) in [5.41, 5.74) is 26.6. The predicted octanol–water partition coefficient (Wildman–Crippen LogP) is 15.1. The Labute approximate surface area is 354 Å². The fourth-order valence-electron chi connectivity index (χ4n) is 12.2. The molecule has 0 fully saturated rings. The smallest absolute Gasteiger partial charge is 0.0725 e. The van der Waals surface area contributed by atoms with Gasteiger partial charge >= 0.3 is 0 Å². The molecule has 8 aromatic rings. The van der Waals surface area contributed by atoms with Crippen molar-refractivity contribution in [3.63, 3.8) is 0 Å². The average Bonchev–Trinajstić information content (AvgIpc) is 3.84. The maximum atomic E-state index is 2.51. The van der Waals surface area contributed by atoms with Crippen molar-refractivity contribution in [2.24, 2.45) is 0 Å². The predicted molar refractivity (Wildman–Crippen MR) is 250 cm³/mol. The number of hydrogen-bond acceptors (Lipinski definition) is 0. The zero-order chi connectivity index (χ0) is 40.0. The van der Waals surface area contributed by atoms with Gasteiger partial charge in [0.1, 0.15) is 0 Å². The van der Waals surface area contributed by atoms with E-state index in [1.54, 1.807) is 0 Å². The monoisotopic (exact) mass is 766 g/mol. The topological polar surface area (TPSA) is 0 Å². The summed E-state index contributed by atoms with van der Waals surface area (Å²) in [5, 5.41) is 0. The van der Waals surface area contributed by atoms with E-state index in [0.29, 0.717) is 0 Å². The first-order chi connectivity index (χ1) is 29.8. The van der Waals surface area contributed by atoms with Gasteiger partial charge in [-0.2, -0.15) is 0 Å². The summed E-state index contributed by atoms with van der Waals surface area (Å²) in [5.74, 6) is 0. The minimum absolute atomic E-state index is 0.450. The Hall–Kier alpha value is -6.76. The van der Waals surface area contributed by atoms with Crippen LogP contribution in [0.15, 0.2) is 200 Å². The van der Waals surface area contributed by atoms with Crippen molar-refractivity contribution >= 4 is 5.57 Å². The van der Waals surface area contributed by atoms with Crippen LogP contribution in [0.4, 0.5) is 0 Å². The molecule has 5 aliphatic rings. The molecule has 0 amide bonds. The maximum absolute atomic E-state index is 2.51. The Balaban J connectivity index is 0.00000191. The van der Waals surface area contributed by atoms with Gasteiger partial charge in [-0.3, -0.25) is 0 Å². The first kappa shape index (κ1) is 35.2. The van der Waals surface area contributed by atoms with Crippen LogP contribution in [-0.4, -0.2) is 0 Å². The van der Waals surface area contributed by atoms with Gasteiger partial charge in [0.25, 0.3) is 0 Å². The summed E-state index contributed by atoms with van der Waals surface area (Å²) < 4.78 is 0. The molecule has 286 valence electrons. The highest BCUT2D eigenvalue weighted by molar-refractivity contribution is 5.96. The van der Waals surface area contributed by atoms with Crippen LogP contribution in [0.1, 0.15) is 88.7 Å². The van der Waals surface area contributed by atoms with Crippen molar-refractivity contribution in [3.8, 4) is 44.5 Å². The Morgan fingerprint density at radius 3 is 1.62 bits per heavy atom. The zero-order valence-electron chi connectivity index (χ0n) is 34.3. The van der Waals surface area contributed by atoms with Gasteiger partial charge in [0.05, 0.1) is 10.8 Å². The molecule has 0 saturated carbocycles. The lowest BCUT2D eigenvalue weighted by Gasteiger charge is -2.50. The summed E-state index contributed by atoms with van der Waals surface area (Å²) in [7, 11) is 0. The lowest BCUT2D eigenvalue weighted by atomic mass is 9.51. The van der Waals surface area contributed by atoms with E-state index in [0.717, 1.165) is 19.3 Å². The Morgan fingerprint density at radius 2 is 0.900 bits per heavy atom.